The van der Waals surface area contributed by atoms with E-state index in [4.69, 9.17) is 0 Å². The van der Waals surface area contributed by atoms with Crippen LogP contribution in [-0.2, 0) is 0 Å². The Labute approximate surface area is 110 Å². The maximum absolute atomic E-state index is 4.09. The van der Waals surface area contributed by atoms with Crippen molar-refractivity contribution in [3.63, 3.8) is 0 Å². The number of aryl methyl sites for hydroxylation is 3. The Bertz CT molecular complexity index is 666. The largest absolute Gasteiger partial charge is 0.220 e. The first-order chi connectivity index (χ1) is 9.11. The van der Waals surface area contributed by atoms with E-state index in [1.54, 1.807) is 9.36 Å². The molecule has 0 atom stereocenters. The number of nitrogens with zero attached hydrogens (tertiary/aromatic N) is 6. The van der Waals surface area contributed by atoms with Crippen LogP contribution in [0.15, 0.2) is 30.6 Å². The highest BCUT2D eigenvalue weighted by Gasteiger charge is 2.05. The SMILES string of the molecule is Cc1cc(-n2cc(C)nn2)cc(-n2cc(C)nn2)c1. The number of rotatable bonds is 2. The molecule has 19 heavy (non-hydrogen) atoms. The summed E-state index contributed by atoms with van der Waals surface area (Å²) >= 11 is 0. The van der Waals surface area contributed by atoms with Gasteiger partial charge in [-0.1, -0.05) is 10.4 Å². The first kappa shape index (κ1) is 11.6. The van der Waals surface area contributed by atoms with Gasteiger partial charge in [0, 0.05) is 0 Å². The van der Waals surface area contributed by atoms with E-state index in [1.807, 2.05) is 39.2 Å². The maximum atomic E-state index is 4.09. The van der Waals surface area contributed by atoms with E-state index in [0.717, 1.165) is 28.3 Å². The van der Waals surface area contributed by atoms with Gasteiger partial charge in [0.25, 0.3) is 0 Å². The van der Waals surface area contributed by atoms with Gasteiger partial charge in [-0.3, -0.25) is 0 Å². The Morgan fingerprint density at radius 2 is 1.21 bits per heavy atom. The van der Waals surface area contributed by atoms with Gasteiger partial charge in [-0.05, 0) is 44.5 Å². The van der Waals surface area contributed by atoms with Crippen LogP contribution >= 0.6 is 0 Å². The molecule has 6 nitrogen and oxygen atoms in total. The summed E-state index contributed by atoms with van der Waals surface area (Å²) in [6.07, 6.45) is 3.79. The van der Waals surface area contributed by atoms with Crippen molar-refractivity contribution in [3.05, 3.63) is 47.5 Å². The second-order valence-corrected chi connectivity index (χ2v) is 4.64. The highest BCUT2D eigenvalue weighted by Crippen LogP contribution is 2.16. The molecule has 96 valence electrons. The van der Waals surface area contributed by atoms with Gasteiger partial charge in [0.2, 0.25) is 0 Å². The van der Waals surface area contributed by atoms with Gasteiger partial charge in [0.05, 0.1) is 35.2 Å². The molecule has 2 aromatic heterocycles. The molecule has 0 bridgehead atoms. The van der Waals surface area contributed by atoms with Crippen LogP contribution in [0.2, 0.25) is 0 Å². The molecule has 0 fully saturated rings. The molecule has 0 aliphatic heterocycles. The normalized spacial score (nSPS) is 10.9. The van der Waals surface area contributed by atoms with Crippen LogP contribution in [0, 0.1) is 20.8 Å². The minimum Gasteiger partial charge on any atom is -0.220 e. The van der Waals surface area contributed by atoms with Crippen molar-refractivity contribution in [1.82, 2.24) is 30.0 Å². The second-order valence-electron chi connectivity index (χ2n) is 4.64. The lowest BCUT2D eigenvalue weighted by Crippen LogP contribution is -2.01. The first-order valence-corrected chi connectivity index (χ1v) is 6.02. The van der Waals surface area contributed by atoms with E-state index in [-0.39, 0.29) is 0 Å². The van der Waals surface area contributed by atoms with Crippen molar-refractivity contribution in [2.24, 2.45) is 0 Å². The Balaban J connectivity index is 2.10. The summed E-state index contributed by atoms with van der Waals surface area (Å²) in [5.74, 6) is 0. The highest BCUT2D eigenvalue weighted by molar-refractivity contribution is 5.46. The summed E-state index contributed by atoms with van der Waals surface area (Å²) < 4.78 is 3.52. The van der Waals surface area contributed by atoms with Crippen molar-refractivity contribution in [3.8, 4) is 11.4 Å². The van der Waals surface area contributed by atoms with E-state index in [1.165, 1.54) is 0 Å². The number of benzene rings is 1. The fourth-order valence-corrected chi connectivity index (χ4v) is 1.95. The molecule has 3 aromatic rings. The Morgan fingerprint density at radius 1 is 0.737 bits per heavy atom. The molecule has 0 N–H and O–H groups in total. The quantitative estimate of drug-likeness (QED) is 0.699. The zero-order chi connectivity index (χ0) is 13.4. The van der Waals surface area contributed by atoms with Crippen LogP contribution < -0.4 is 0 Å². The smallest absolute Gasteiger partial charge is 0.0800 e. The third-order valence-corrected chi connectivity index (χ3v) is 2.79. The topological polar surface area (TPSA) is 61.4 Å². The van der Waals surface area contributed by atoms with Crippen molar-refractivity contribution in [2.75, 3.05) is 0 Å². The van der Waals surface area contributed by atoms with Crippen molar-refractivity contribution < 1.29 is 0 Å². The molecule has 0 saturated carbocycles. The molecule has 0 saturated heterocycles. The summed E-state index contributed by atoms with van der Waals surface area (Å²) in [6.45, 7) is 5.88. The minimum absolute atomic E-state index is 0.889. The molecule has 0 spiro atoms. The molecule has 0 radical (unpaired) electrons. The molecule has 3 rings (SSSR count). The van der Waals surface area contributed by atoms with Crippen LogP contribution in [-0.4, -0.2) is 30.0 Å². The van der Waals surface area contributed by atoms with E-state index >= 15 is 0 Å². The average Bonchev–Trinajstić information content (AvgIpc) is 2.97. The lowest BCUT2D eigenvalue weighted by atomic mass is 10.2. The summed E-state index contributed by atoms with van der Waals surface area (Å²) in [5.41, 5.74) is 4.83. The standard InChI is InChI=1S/C13H14N6/c1-9-4-12(18-7-10(2)14-16-18)6-13(5-9)19-8-11(3)15-17-19/h4-8H,1-3H3. The number of hydrogen-bond donors (Lipinski definition) is 0. The summed E-state index contributed by atoms with van der Waals surface area (Å²) in [4.78, 5) is 0. The molecule has 6 heteroatoms. The molecule has 1 aromatic carbocycles. The molecular formula is C13H14N6. The van der Waals surface area contributed by atoms with Crippen LogP contribution in [0.5, 0.6) is 0 Å². The minimum atomic E-state index is 0.889. The predicted octanol–water partition coefficient (Wildman–Crippen LogP) is 1.77. The van der Waals surface area contributed by atoms with E-state index in [9.17, 15) is 0 Å². The zero-order valence-electron chi connectivity index (χ0n) is 11.1. The maximum Gasteiger partial charge on any atom is 0.0800 e. The van der Waals surface area contributed by atoms with Gasteiger partial charge in [-0.15, -0.1) is 10.2 Å². The van der Waals surface area contributed by atoms with Crippen LogP contribution in [0.25, 0.3) is 11.4 Å². The first-order valence-electron chi connectivity index (χ1n) is 6.02. The number of hydrogen-bond acceptors (Lipinski definition) is 4. The van der Waals surface area contributed by atoms with Crippen LogP contribution in [0.4, 0.5) is 0 Å². The van der Waals surface area contributed by atoms with Crippen molar-refractivity contribution >= 4 is 0 Å². The van der Waals surface area contributed by atoms with Gasteiger partial charge in [0.15, 0.2) is 0 Å². The monoisotopic (exact) mass is 254 g/mol. The van der Waals surface area contributed by atoms with Crippen molar-refractivity contribution in [2.45, 2.75) is 20.8 Å². The van der Waals surface area contributed by atoms with Crippen molar-refractivity contribution in [1.29, 1.82) is 0 Å². The second kappa shape index (κ2) is 4.31. The fourth-order valence-electron chi connectivity index (χ4n) is 1.95. The van der Waals surface area contributed by atoms with Gasteiger partial charge in [-0.25, -0.2) is 9.36 Å². The van der Waals surface area contributed by atoms with Gasteiger partial charge >= 0.3 is 0 Å². The van der Waals surface area contributed by atoms with E-state index < -0.39 is 0 Å². The molecular weight excluding hydrogens is 240 g/mol. The zero-order valence-corrected chi connectivity index (χ0v) is 11.1. The molecule has 2 heterocycles. The van der Waals surface area contributed by atoms with E-state index in [0.29, 0.717) is 0 Å². The third-order valence-electron chi connectivity index (χ3n) is 2.79. The predicted molar refractivity (Wildman–Crippen MR) is 70.5 cm³/mol. The number of aromatic nitrogens is 6. The summed E-state index contributed by atoms with van der Waals surface area (Å²) in [5, 5.41) is 16.2. The molecule has 0 aliphatic rings. The lowest BCUT2D eigenvalue weighted by molar-refractivity contribution is 0.783. The summed E-state index contributed by atoms with van der Waals surface area (Å²) in [7, 11) is 0. The Kier molecular flexibility index (Phi) is 2.63. The third kappa shape index (κ3) is 2.24. The highest BCUT2D eigenvalue weighted by atomic mass is 15.4. The fraction of sp³-hybridized carbons (Fsp3) is 0.231. The lowest BCUT2D eigenvalue weighted by Gasteiger charge is -2.06. The van der Waals surface area contributed by atoms with Crippen LogP contribution in [0.1, 0.15) is 17.0 Å². The van der Waals surface area contributed by atoms with Crippen LogP contribution in [0.3, 0.4) is 0 Å². The Morgan fingerprint density at radius 3 is 1.58 bits per heavy atom. The van der Waals surface area contributed by atoms with Gasteiger partial charge in [-0.2, -0.15) is 0 Å². The average molecular weight is 254 g/mol. The molecule has 0 unspecified atom stereocenters. The molecule has 0 amide bonds. The molecule has 0 aliphatic carbocycles. The van der Waals surface area contributed by atoms with E-state index in [2.05, 4.69) is 32.8 Å². The summed E-state index contributed by atoms with van der Waals surface area (Å²) in [6, 6.07) is 6.12. The van der Waals surface area contributed by atoms with Gasteiger partial charge < -0.3 is 0 Å². The Hall–Kier alpha value is -2.50. The van der Waals surface area contributed by atoms with Gasteiger partial charge in [0.1, 0.15) is 0 Å².